The quantitative estimate of drug-likeness (QED) is 0.361. The van der Waals surface area contributed by atoms with E-state index < -0.39 is 0 Å². The lowest BCUT2D eigenvalue weighted by atomic mass is 10.2. The molecule has 4 rings (SSSR count). The molecule has 0 spiro atoms. The SMILES string of the molecule is CC(C)n1c(SCC(=O)N[C@H](C)c2cc3ccccc3o2)nc2ccccc2c1=O. The van der Waals surface area contributed by atoms with Gasteiger partial charge in [-0.05, 0) is 45.0 Å². The number of amides is 1. The van der Waals surface area contributed by atoms with E-state index in [-0.39, 0.29) is 29.3 Å². The lowest BCUT2D eigenvalue weighted by Crippen LogP contribution is -2.29. The van der Waals surface area contributed by atoms with E-state index in [4.69, 9.17) is 4.42 Å². The first kappa shape index (κ1) is 20.2. The highest BCUT2D eigenvalue weighted by atomic mass is 32.2. The lowest BCUT2D eigenvalue weighted by molar-refractivity contribution is -0.119. The smallest absolute Gasteiger partial charge is 0.262 e. The van der Waals surface area contributed by atoms with Gasteiger partial charge in [0.1, 0.15) is 11.3 Å². The Morgan fingerprint density at radius 3 is 2.63 bits per heavy atom. The van der Waals surface area contributed by atoms with Crippen molar-refractivity contribution in [3.8, 4) is 0 Å². The summed E-state index contributed by atoms with van der Waals surface area (Å²) in [5.41, 5.74) is 1.34. The Kier molecular flexibility index (Phi) is 5.63. The molecule has 0 unspecified atom stereocenters. The van der Waals surface area contributed by atoms with Crippen LogP contribution in [0.5, 0.6) is 0 Å². The highest BCUT2D eigenvalue weighted by Gasteiger charge is 2.17. The first-order chi connectivity index (χ1) is 14.4. The molecule has 0 fully saturated rings. The van der Waals surface area contributed by atoms with Crippen LogP contribution in [0, 0.1) is 0 Å². The third-order valence-electron chi connectivity index (χ3n) is 4.87. The Labute approximate surface area is 178 Å². The molecule has 2 aromatic heterocycles. The van der Waals surface area contributed by atoms with Crippen LogP contribution in [0.2, 0.25) is 0 Å². The van der Waals surface area contributed by atoms with Crippen molar-refractivity contribution in [2.24, 2.45) is 0 Å². The molecule has 0 bridgehead atoms. The molecule has 0 saturated heterocycles. The number of furan rings is 1. The molecule has 1 atom stereocenters. The average molecular weight is 422 g/mol. The summed E-state index contributed by atoms with van der Waals surface area (Å²) in [5.74, 6) is 0.713. The Balaban J connectivity index is 1.50. The van der Waals surface area contributed by atoms with E-state index >= 15 is 0 Å². The Bertz CT molecular complexity index is 1240. The number of hydrogen-bond donors (Lipinski definition) is 1. The highest BCUT2D eigenvalue weighted by Crippen LogP contribution is 2.24. The van der Waals surface area contributed by atoms with Gasteiger partial charge in [0.2, 0.25) is 5.91 Å². The third-order valence-corrected chi connectivity index (χ3v) is 5.83. The van der Waals surface area contributed by atoms with Gasteiger partial charge < -0.3 is 9.73 Å². The molecule has 30 heavy (non-hydrogen) atoms. The number of para-hydroxylation sites is 2. The summed E-state index contributed by atoms with van der Waals surface area (Å²) in [6.07, 6.45) is 0. The van der Waals surface area contributed by atoms with Crippen molar-refractivity contribution in [2.75, 3.05) is 5.75 Å². The number of hydrogen-bond acceptors (Lipinski definition) is 5. The van der Waals surface area contributed by atoms with E-state index in [0.29, 0.717) is 21.8 Å². The number of aromatic nitrogens is 2. The van der Waals surface area contributed by atoms with Gasteiger partial charge in [0.05, 0.1) is 22.7 Å². The van der Waals surface area contributed by atoms with Crippen LogP contribution in [-0.4, -0.2) is 21.2 Å². The van der Waals surface area contributed by atoms with E-state index in [9.17, 15) is 9.59 Å². The van der Waals surface area contributed by atoms with Crippen LogP contribution in [0.4, 0.5) is 0 Å². The van der Waals surface area contributed by atoms with E-state index in [1.807, 2.05) is 69.3 Å². The number of rotatable bonds is 6. The van der Waals surface area contributed by atoms with Gasteiger partial charge in [0.25, 0.3) is 5.56 Å². The second-order valence-corrected chi connectivity index (χ2v) is 8.39. The molecule has 0 aliphatic carbocycles. The number of carbonyl (C=O) groups is 1. The number of nitrogens with one attached hydrogen (secondary N) is 1. The van der Waals surface area contributed by atoms with Crippen molar-refractivity contribution in [3.05, 3.63) is 70.7 Å². The standard InChI is InChI=1S/C23H23N3O3S/c1-14(2)26-22(28)17-9-5-6-10-18(17)25-23(26)30-13-21(27)24-15(3)20-12-16-8-4-7-11-19(16)29-20/h4-12,14-15H,13H2,1-3H3,(H,24,27)/t15-/m1/s1. The van der Waals surface area contributed by atoms with Gasteiger partial charge in [-0.15, -0.1) is 0 Å². The number of fused-ring (bicyclic) bond motifs is 2. The number of thioether (sulfide) groups is 1. The Hall–Kier alpha value is -3.06. The average Bonchev–Trinajstić information content (AvgIpc) is 3.16. The summed E-state index contributed by atoms with van der Waals surface area (Å²) in [6.45, 7) is 5.76. The minimum Gasteiger partial charge on any atom is -0.459 e. The van der Waals surface area contributed by atoms with Crippen molar-refractivity contribution in [1.29, 1.82) is 0 Å². The predicted octanol–water partition coefficient (Wildman–Crippen LogP) is 4.69. The Morgan fingerprint density at radius 2 is 1.87 bits per heavy atom. The van der Waals surface area contributed by atoms with Crippen LogP contribution in [0.15, 0.2) is 69.0 Å². The van der Waals surface area contributed by atoms with Gasteiger partial charge in [-0.1, -0.05) is 42.1 Å². The lowest BCUT2D eigenvalue weighted by Gasteiger charge is -2.16. The van der Waals surface area contributed by atoms with Crippen molar-refractivity contribution < 1.29 is 9.21 Å². The van der Waals surface area contributed by atoms with E-state index in [0.717, 1.165) is 11.0 Å². The highest BCUT2D eigenvalue weighted by molar-refractivity contribution is 7.99. The molecular formula is C23H23N3O3S. The first-order valence-corrected chi connectivity index (χ1v) is 10.8. The molecule has 7 heteroatoms. The molecule has 4 aromatic rings. The van der Waals surface area contributed by atoms with Crippen LogP contribution in [0.3, 0.4) is 0 Å². The van der Waals surface area contributed by atoms with Crippen molar-refractivity contribution in [2.45, 2.75) is 38.0 Å². The summed E-state index contributed by atoms with van der Waals surface area (Å²) in [7, 11) is 0. The van der Waals surface area contributed by atoms with Crippen LogP contribution < -0.4 is 10.9 Å². The van der Waals surface area contributed by atoms with Crippen molar-refractivity contribution in [1.82, 2.24) is 14.9 Å². The summed E-state index contributed by atoms with van der Waals surface area (Å²) in [4.78, 5) is 30.1. The minimum atomic E-state index is -0.262. The van der Waals surface area contributed by atoms with Gasteiger partial charge >= 0.3 is 0 Å². The maximum absolute atomic E-state index is 12.9. The van der Waals surface area contributed by atoms with Crippen molar-refractivity contribution >= 4 is 39.5 Å². The summed E-state index contributed by atoms with van der Waals surface area (Å²) in [5, 5.41) is 5.09. The zero-order valence-electron chi connectivity index (χ0n) is 17.1. The number of nitrogens with zero attached hydrogens (tertiary/aromatic N) is 2. The van der Waals surface area contributed by atoms with Gasteiger partial charge in [-0.3, -0.25) is 14.2 Å². The zero-order valence-corrected chi connectivity index (χ0v) is 17.9. The molecule has 1 amide bonds. The molecule has 0 aliphatic heterocycles. The molecule has 0 saturated carbocycles. The Morgan fingerprint density at radius 1 is 1.13 bits per heavy atom. The van der Waals surface area contributed by atoms with E-state index in [1.165, 1.54) is 11.8 Å². The second kappa shape index (κ2) is 8.36. The summed E-state index contributed by atoms with van der Waals surface area (Å²) in [6, 6.07) is 16.6. The van der Waals surface area contributed by atoms with Gasteiger partial charge in [-0.2, -0.15) is 0 Å². The fraction of sp³-hybridized carbons (Fsp3) is 0.261. The van der Waals surface area contributed by atoms with Crippen LogP contribution >= 0.6 is 11.8 Å². The van der Waals surface area contributed by atoms with Gasteiger partial charge in [0, 0.05) is 11.4 Å². The van der Waals surface area contributed by atoms with Gasteiger partial charge in [0.15, 0.2) is 5.16 Å². The molecule has 6 nitrogen and oxygen atoms in total. The fourth-order valence-corrected chi connectivity index (χ4v) is 4.32. The number of carbonyl (C=O) groups excluding carboxylic acids is 1. The topological polar surface area (TPSA) is 77.1 Å². The van der Waals surface area contributed by atoms with Crippen LogP contribution in [-0.2, 0) is 4.79 Å². The zero-order chi connectivity index (χ0) is 21.3. The molecule has 0 radical (unpaired) electrons. The minimum absolute atomic E-state index is 0.0605. The normalized spacial score (nSPS) is 12.5. The summed E-state index contributed by atoms with van der Waals surface area (Å²) < 4.78 is 7.47. The monoisotopic (exact) mass is 421 g/mol. The third kappa shape index (κ3) is 3.98. The molecule has 2 aromatic carbocycles. The first-order valence-electron chi connectivity index (χ1n) is 9.86. The second-order valence-electron chi connectivity index (χ2n) is 7.44. The van der Waals surface area contributed by atoms with Crippen LogP contribution in [0.25, 0.3) is 21.9 Å². The molecule has 0 aliphatic rings. The molecular weight excluding hydrogens is 398 g/mol. The largest absolute Gasteiger partial charge is 0.459 e. The fourth-order valence-electron chi connectivity index (χ4n) is 3.38. The maximum atomic E-state index is 12.9. The summed E-state index contributed by atoms with van der Waals surface area (Å²) >= 11 is 1.26. The van der Waals surface area contributed by atoms with E-state index in [1.54, 1.807) is 10.6 Å². The molecule has 1 N–H and O–H groups in total. The van der Waals surface area contributed by atoms with Crippen molar-refractivity contribution in [3.63, 3.8) is 0 Å². The van der Waals surface area contributed by atoms with Gasteiger partial charge in [-0.25, -0.2) is 4.98 Å². The maximum Gasteiger partial charge on any atom is 0.262 e. The molecule has 2 heterocycles. The van der Waals surface area contributed by atoms with Crippen LogP contribution in [0.1, 0.15) is 38.6 Å². The predicted molar refractivity (Wildman–Crippen MR) is 120 cm³/mol. The number of benzene rings is 2. The molecule has 154 valence electrons. The van der Waals surface area contributed by atoms with E-state index in [2.05, 4.69) is 10.3 Å².